The van der Waals surface area contributed by atoms with Gasteiger partial charge in [0.05, 0.1) is 0 Å². The molecule has 0 saturated heterocycles. The number of carbonyl (C=O) groups excluding carboxylic acids is 1. The number of thiophene rings is 1. The summed E-state index contributed by atoms with van der Waals surface area (Å²) in [6, 6.07) is 2.04. The van der Waals surface area contributed by atoms with Crippen LogP contribution in [0.4, 0.5) is 5.82 Å². The van der Waals surface area contributed by atoms with Gasteiger partial charge in [0.2, 0.25) is 0 Å². The molecule has 0 aliphatic heterocycles. The molecule has 6 heteroatoms. The fourth-order valence-electron chi connectivity index (χ4n) is 1.36. The van der Waals surface area contributed by atoms with Crippen molar-refractivity contribution in [2.75, 3.05) is 12.3 Å². The van der Waals surface area contributed by atoms with E-state index >= 15 is 0 Å². The molecule has 0 aromatic carbocycles. The van der Waals surface area contributed by atoms with Crippen LogP contribution in [0.25, 0.3) is 0 Å². The van der Waals surface area contributed by atoms with E-state index in [-0.39, 0.29) is 17.4 Å². The first-order chi connectivity index (χ1) is 8.27. The molecule has 5 nitrogen and oxygen atoms in total. The Morgan fingerprint density at radius 3 is 2.94 bits per heavy atom. The first-order valence-corrected chi connectivity index (χ1v) is 6.07. The summed E-state index contributed by atoms with van der Waals surface area (Å²) < 4.78 is 0. The average Bonchev–Trinajstić information content (AvgIpc) is 2.82. The van der Waals surface area contributed by atoms with Crippen LogP contribution in [-0.2, 0) is 6.42 Å². The maximum Gasteiger partial charge on any atom is 0.273 e. The van der Waals surface area contributed by atoms with E-state index in [1.54, 1.807) is 11.3 Å². The van der Waals surface area contributed by atoms with Crippen molar-refractivity contribution in [1.82, 2.24) is 15.3 Å². The molecular formula is C11H12N4OS. The summed E-state index contributed by atoms with van der Waals surface area (Å²) in [5, 5.41) is 6.83. The molecule has 2 aromatic rings. The highest BCUT2D eigenvalue weighted by atomic mass is 32.1. The van der Waals surface area contributed by atoms with E-state index in [0.29, 0.717) is 6.54 Å². The molecule has 1 amide bonds. The lowest BCUT2D eigenvalue weighted by Gasteiger charge is -2.04. The zero-order chi connectivity index (χ0) is 12.1. The quantitative estimate of drug-likeness (QED) is 0.848. The van der Waals surface area contributed by atoms with Gasteiger partial charge in [-0.25, -0.2) is 9.97 Å². The van der Waals surface area contributed by atoms with Crippen molar-refractivity contribution in [2.45, 2.75) is 6.42 Å². The highest BCUT2D eigenvalue weighted by molar-refractivity contribution is 7.07. The third-order valence-electron chi connectivity index (χ3n) is 2.22. The van der Waals surface area contributed by atoms with E-state index in [1.807, 2.05) is 11.4 Å². The van der Waals surface area contributed by atoms with Gasteiger partial charge in [-0.3, -0.25) is 4.79 Å². The van der Waals surface area contributed by atoms with Gasteiger partial charge in [-0.2, -0.15) is 11.3 Å². The molecule has 0 atom stereocenters. The van der Waals surface area contributed by atoms with Gasteiger partial charge in [0.1, 0.15) is 0 Å². The second-order valence-corrected chi connectivity index (χ2v) is 4.21. The summed E-state index contributed by atoms with van der Waals surface area (Å²) in [6.45, 7) is 0.561. The lowest BCUT2D eigenvalue weighted by Crippen LogP contribution is -2.27. The van der Waals surface area contributed by atoms with Crippen molar-refractivity contribution in [3.8, 4) is 0 Å². The Morgan fingerprint density at radius 1 is 1.41 bits per heavy atom. The second-order valence-electron chi connectivity index (χ2n) is 3.43. The molecule has 88 valence electrons. The number of amides is 1. The van der Waals surface area contributed by atoms with Gasteiger partial charge in [-0.05, 0) is 28.8 Å². The van der Waals surface area contributed by atoms with Crippen LogP contribution in [0.3, 0.4) is 0 Å². The molecule has 0 bridgehead atoms. The highest BCUT2D eigenvalue weighted by Gasteiger charge is 2.10. The number of aromatic nitrogens is 2. The molecule has 0 fully saturated rings. The zero-order valence-electron chi connectivity index (χ0n) is 9.09. The number of anilines is 1. The third-order valence-corrected chi connectivity index (χ3v) is 2.95. The van der Waals surface area contributed by atoms with Gasteiger partial charge in [0, 0.05) is 18.9 Å². The molecule has 0 unspecified atom stereocenters. The van der Waals surface area contributed by atoms with Crippen molar-refractivity contribution >= 4 is 23.1 Å². The first-order valence-electron chi connectivity index (χ1n) is 5.13. The van der Waals surface area contributed by atoms with Gasteiger partial charge < -0.3 is 11.1 Å². The molecule has 2 aromatic heterocycles. The van der Waals surface area contributed by atoms with Crippen molar-refractivity contribution in [3.05, 3.63) is 40.5 Å². The van der Waals surface area contributed by atoms with Gasteiger partial charge in [-0.1, -0.05) is 0 Å². The third kappa shape index (κ3) is 3.01. The van der Waals surface area contributed by atoms with Crippen LogP contribution >= 0.6 is 11.3 Å². The smallest absolute Gasteiger partial charge is 0.273 e. The van der Waals surface area contributed by atoms with E-state index in [1.165, 1.54) is 18.0 Å². The Morgan fingerprint density at radius 2 is 2.24 bits per heavy atom. The Bertz CT molecular complexity index is 498. The Kier molecular flexibility index (Phi) is 3.66. The lowest BCUT2D eigenvalue weighted by atomic mass is 10.2. The average molecular weight is 248 g/mol. The Balaban J connectivity index is 1.88. The van der Waals surface area contributed by atoms with E-state index in [9.17, 15) is 4.79 Å². The van der Waals surface area contributed by atoms with Crippen LogP contribution in [0, 0.1) is 0 Å². The monoisotopic (exact) mass is 248 g/mol. The normalized spacial score (nSPS) is 10.1. The summed E-state index contributed by atoms with van der Waals surface area (Å²) in [4.78, 5) is 19.4. The summed E-state index contributed by atoms with van der Waals surface area (Å²) in [6.07, 6.45) is 3.71. The number of nitrogens with two attached hydrogens (primary N) is 1. The maximum absolute atomic E-state index is 11.7. The summed E-state index contributed by atoms with van der Waals surface area (Å²) in [5.41, 5.74) is 6.94. The fraction of sp³-hybridized carbons (Fsp3) is 0.182. The number of nitrogens with one attached hydrogen (secondary N) is 1. The topological polar surface area (TPSA) is 80.9 Å². The minimum absolute atomic E-state index is 0.153. The van der Waals surface area contributed by atoms with Crippen LogP contribution < -0.4 is 11.1 Å². The number of rotatable bonds is 4. The number of carbonyl (C=O) groups is 1. The molecule has 2 rings (SSSR count). The molecule has 0 radical (unpaired) electrons. The van der Waals surface area contributed by atoms with Crippen LogP contribution in [-0.4, -0.2) is 22.4 Å². The Labute approximate surface area is 103 Å². The number of hydrogen-bond acceptors (Lipinski definition) is 5. The number of hydrogen-bond donors (Lipinski definition) is 2. The molecular weight excluding hydrogens is 236 g/mol. The van der Waals surface area contributed by atoms with Crippen LogP contribution in [0.5, 0.6) is 0 Å². The number of nitrogen functional groups attached to an aromatic ring is 1. The van der Waals surface area contributed by atoms with Crippen molar-refractivity contribution in [2.24, 2.45) is 0 Å². The highest BCUT2D eigenvalue weighted by Crippen LogP contribution is 2.06. The Hall–Kier alpha value is -1.95. The summed E-state index contributed by atoms with van der Waals surface area (Å²) in [5.74, 6) is -0.133. The lowest BCUT2D eigenvalue weighted by molar-refractivity contribution is 0.0950. The van der Waals surface area contributed by atoms with Gasteiger partial charge in [-0.15, -0.1) is 0 Å². The zero-order valence-corrected chi connectivity index (χ0v) is 9.91. The second kappa shape index (κ2) is 5.40. The SMILES string of the molecule is Nc1nccnc1C(=O)NCCc1ccsc1. The minimum Gasteiger partial charge on any atom is -0.382 e. The van der Waals surface area contributed by atoms with E-state index in [2.05, 4.69) is 20.7 Å². The predicted octanol–water partition coefficient (Wildman–Crippen LogP) is 1.09. The summed E-state index contributed by atoms with van der Waals surface area (Å²) >= 11 is 1.64. The van der Waals surface area contributed by atoms with Crippen molar-refractivity contribution < 1.29 is 4.79 Å². The van der Waals surface area contributed by atoms with E-state index in [0.717, 1.165) is 6.42 Å². The fourth-order valence-corrected chi connectivity index (χ4v) is 2.07. The minimum atomic E-state index is -0.286. The van der Waals surface area contributed by atoms with Crippen LogP contribution in [0.2, 0.25) is 0 Å². The predicted molar refractivity (Wildman–Crippen MR) is 66.8 cm³/mol. The standard InChI is InChI=1S/C11H12N4OS/c12-10-9(13-4-5-14-10)11(16)15-3-1-8-2-6-17-7-8/h2,4-7H,1,3H2,(H2,12,14)(H,15,16). The maximum atomic E-state index is 11.7. The largest absolute Gasteiger partial charge is 0.382 e. The first kappa shape index (κ1) is 11.5. The molecule has 0 spiro atoms. The molecule has 17 heavy (non-hydrogen) atoms. The van der Waals surface area contributed by atoms with E-state index in [4.69, 9.17) is 5.73 Å². The summed E-state index contributed by atoms with van der Waals surface area (Å²) in [7, 11) is 0. The van der Waals surface area contributed by atoms with Gasteiger partial charge in [0.15, 0.2) is 11.5 Å². The van der Waals surface area contributed by atoms with Gasteiger partial charge >= 0.3 is 0 Å². The molecule has 0 aliphatic rings. The van der Waals surface area contributed by atoms with Crippen molar-refractivity contribution in [3.63, 3.8) is 0 Å². The molecule has 2 heterocycles. The van der Waals surface area contributed by atoms with Crippen molar-refractivity contribution in [1.29, 1.82) is 0 Å². The molecule has 0 saturated carbocycles. The van der Waals surface area contributed by atoms with Crippen LogP contribution in [0.1, 0.15) is 16.1 Å². The van der Waals surface area contributed by atoms with E-state index < -0.39 is 0 Å². The van der Waals surface area contributed by atoms with Gasteiger partial charge in [0.25, 0.3) is 5.91 Å². The number of nitrogens with zero attached hydrogens (tertiary/aromatic N) is 2. The molecule has 3 N–H and O–H groups in total. The van der Waals surface area contributed by atoms with Crippen LogP contribution in [0.15, 0.2) is 29.2 Å². The molecule has 0 aliphatic carbocycles.